The highest BCUT2D eigenvalue weighted by Crippen LogP contribution is 2.30. The van der Waals surface area contributed by atoms with Crippen LogP contribution < -0.4 is 5.32 Å². The lowest BCUT2D eigenvalue weighted by molar-refractivity contribution is -0.384. The molecule has 0 radical (unpaired) electrons. The highest BCUT2D eigenvalue weighted by atomic mass is 16.6. The molecule has 0 saturated carbocycles. The Balaban J connectivity index is 1.52. The smallest absolute Gasteiger partial charge is 0.317 e. The van der Waals surface area contributed by atoms with Gasteiger partial charge < -0.3 is 25.7 Å². The number of rotatable bonds is 22. The van der Waals surface area contributed by atoms with Crippen LogP contribution in [0.1, 0.15) is 5.69 Å². The first-order valence-corrected chi connectivity index (χ1v) is 16.7. The molecular formula is C36H38N8O11. The molecule has 5 N–H and O–H groups in total. The van der Waals surface area contributed by atoms with E-state index in [9.17, 15) is 54.5 Å². The molecule has 3 heterocycles. The predicted molar refractivity (Wildman–Crippen MR) is 194 cm³/mol. The molecule has 0 fully saturated rings. The average Bonchev–Trinajstić information content (AvgIpc) is 3.14. The van der Waals surface area contributed by atoms with E-state index in [0.717, 1.165) is 9.80 Å². The van der Waals surface area contributed by atoms with Crippen molar-refractivity contribution in [2.24, 2.45) is 0 Å². The molecular weight excluding hydrogens is 720 g/mol. The number of nitrogens with zero attached hydrogens (tertiary/aromatic N) is 7. The number of carbonyl (C=O) groups is 5. The zero-order chi connectivity index (χ0) is 39.9. The van der Waals surface area contributed by atoms with Crippen LogP contribution in [0, 0.1) is 10.1 Å². The fraction of sp³-hybridized carbons (Fsp3) is 0.278. The van der Waals surface area contributed by atoms with E-state index in [1.165, 1.54) is 12.1 Å². The molecule has 0 atom stereocenters. The molecule has 0 aliphatic carbocycles. The van der Waals surface area contributed by atoms with Crippen LogP contribution >= 0.6 is 0 Å². The molecule has 0 saturated heterocycles. The highest BCUT2D eigenvalue weighted by molar-refractivity contribution is 5.78. The SMILES string of the molecule is O=C(O)CN(CCN(CCN(CC(=O)O)CC(=O)O)CC(=O)NCc1cccc(-c2cc(-c3ccc([N+](=O)[O-])cc3)cc(-c3ccccn3)n2)n1)CC(=O)O. The number of aromatic nitrogens is 3. The molecule has 0 bridgehead atoms. The third kappa shape index (κ3) is 13.7. The molecule has 0 unspecified atom stereocenters. The Labute approximate surface area is 313 Å². The number of amides is 1. The van der Waals surface area contributed by atoms with Crippen LogP contribution in [-0.4, -0.2) is 144 Å². The lowest BCUT2D eigenvalue weighted by Gasteiger charge is -2.28. The van der Waals surface area contributed by atoms with Gasteiger partial charge in [-0.1, -0.05) is 12.1 Å². The van der Waals surface area contributed by atoms with Gasteiger partial charge in [0.25, 0.3) is 5.69 Å². The minimum atomic E-state index is -1.25. The van der Waals surface area contributed by atoms with Gasteiger partial charge in [-0.05, 0) is 59.7 Å². The van der Waals surface area contributed by atoms with Gasteiger partial charge in [0.2, 0.25) is 5.91 Å². The summed E-state index contributed by atoms with van der Waals surface area (Å²) in [5, 5.41) is 50.8. The van der Waals surface area contributed by atoms with Crippen LogP contribution in [0.4, 0.5) is 5.69 Å². The van der Waals surface area contributed by atoms with Crippen LogP contribution in [0.2, 0.25) is 0 Å². The van der Waals surface area contributed by atoms with E-state index in [1.54, 1.807) is 59.6 Å². The zero-order valence-corrected chi connectivity index (χ0v) is 29.4. The fourth-order valence-electron chi connectivity index (χ4n) is 5.45. The molecule has 4 rings (SSSR count). The second-order valence-electron chi connectivity index (χ2n) is 12.2. The van der Waals surface area contributed by atoms with Gasteiger partial charge in [0.15, 0.2) is 0 Å². The molecule has 19 heteroatoms. The van der Waals surface area contributed by atoms with Crippen molar-refractivity contribution in [1.29, 1.82) is 0 Å². The molecule has 3 aromatic heterocycles. The summed E-state index contributed by atoms with van der Waals surface area (Å²) in [6.45, 7) is -2.73. The molecule has 288 valence electrons. The van der Waals surface area contributed by atoms with E-state index in [4.69, 9.17) is 9.97 Å². The first-order valence-electron chi connectivity index (χ1n) is 16.7. The van der Waals surface area contributed by atoms with Gasteiger partial charge in [-0.15, -0.1) is 0 Å². The Bertz CT molecular complexity index is 1930. The standard InChI is InChI=1S/C36H38N8O11/c45-32(19-41(12-14-42(20-33(46)47)21-34(48)49)13-15-43(22-35(50)51)23-36(52)53)38-18-26-4-3-6-29(39-26)31-17-25(24-7-9-27(10-8-24)44(54)55)16-30(40-31)28-5-1-2-11-37-28/h1-11,16-17H,12-15,18-23H2,(H,38,45)(H,46,47)(H,48,49)(H,50,51)(H,52,53). The summed E-state index contributed by atoms with van der Waals surface area (Å²) < 4.78 is 0. The van der Waals surface area contributed by atoms with E-state index >= 15 is 0 Å². The first-order chi connectivity index (χ1) is 26.2. The molecule has 0 aliphatic heterocycles. The largest absolute Gasteiger partial charge is 0.480 e. The van der Waals surface area contributed by atoms with Crippen LogP contribution in [0.5, 0.6) is 0 Å². The molecule has 1 aromatic carbocycles. The maximum Gasteiger partial charge on any atom is 0.317 e. The Morgan fingerprint density at radius 1 is 0.600 bits per heavy atom. The number of nitro benzene ring substituents is 1. The number of non-ortho nitro benzene ring substituents is 1. The van der Waals surface area contributed by atoms with E-state index < -0.39 is 60.9 Å². The minimum absolute atomic E-state index is 0.00503. The molecule has 19 nitrogen and oxygen atoms in total. The van der Waals surface area contributed by atoms with Crippen molar-refractivity contribution in [3.8, 4) is 33.9 Å². The predicted octanol–water partition coefficient (Wildman–Crippen LogP) is 1.64. The van der Waals surface area contributed by atoms with Gasteiger partial charge >= 0.3 is 23.9 Å². The molecule has 0 spiro atoms. The zero-order valence-electron chi connectivity index (χ0n) is 29.4. The lowest BCUT2D eigenvalue weighted by Crippen LogP contribution is -2.47. The highest BCUT2D eigenvalue weighted by Gasteiger charge is 2.20. The molecule has 1 amide bonds. The normalized spacial score (nSPS) is 11.1. The fourth-order valence-corrected chi connectivity index (χ4v) is 5.45. The molecule has 4 aromatic rings. The van der Waals surface area contributed by atoms with Gasteiger partial charge in [0.1, 0.15) is 0 Å². The van der Waals surface area contributed by atoms with Gasteiger partial charge in [0, 0.05) is 44.5 Å². The Morgan fingerprint density at radius 2 is 1.13 bits per heavy atom. The number of carboxylic acid groups (broad SMARTS) is 4. The number of pyridine rings is 3. The summed E-state index contributed by atoms with van der Waals surface area (Å²) >= 11 is 0. The van der Waals surface area contributed by atoms with E-state index in [-0.39, 0.29) is 45.0 Å². The third-order valence-electron chi connectivity index (χ3n) is 7.97. The minimum Gasteiger partial charge on any atom is -0.480 e. The van der Waals surface area contributed by atoms with Gasteiger partial charge in [-0.25, -0.2) is 9.97 Å². The van der Waals surface area contributed by atoms with Crippen LogP contribution in [0.3, 0.4) is 0 Å². The van der Waals surface area contributed by atoms with E-state index in [1.807, 2.05) is 12.1 Å². The summed E-state index contributed by atoms with van der Waals surface area (Å²) in [7, 11) is 0. The number of carboxylic acids is 4. The van der Waals surface area contributed by atoms with Crippen molar-refractivity contribution in [1.82, 2.24) is 35.0 Å². The number of hydrogen-bond donors (Lipinski definition) is 5. The van der Waals surface area contributed by atoms with Crippen molar-refractivity contribution in [3.05, 3.63) is 94.8 Å². The lowest BCUT2D eigenvalue weighted by atomic mass is 10.0. The van der Waals surface area contributed by atoms with Gasteiger partial charge in [-0.2, -0.15) is 0 Å². The summed E-state index contributed by atoms with van der Waals surface area (Å²) in [5.41, 5.74) is 3.85. The number of nitrogens with one attached hydrogen (secondary N) is 1. The number of hydrogen-bond acceptors (Lipinski definition) is 13. The number of carbonyl (C=O) groups excluding carboxylic acids is 1. The van der Waals surface area contributed by atoms with Crippen molar-refractivity contribution < 1.29 is 49.3 Å². The second kappa shape index (κ2) is 19.9. The second-order valence-corrected chi connectivity index (χ2v) is 12.2. The summed E-state index contributed by atoms with van der Waals surface area (Å²) in [6.07, 6.45) is 1.63. The van der Waals surface area contributed by atoms with Gasteiger partial charge in [-0.3, -0.25) is 53.8 Å². The van der Waals surface area contributed by atoms with Crippen LogP contribution in [0.25, 0.3) is 33.9 Å². The third-order valence-corrected chi connectivity index (χ3v) is 7.97. The Kier molecular flexibility index (Phi) is 14.9. The maximum absolute atomic E-state index is 13.2. The van der Waals surface area contributed by atoms with Crippen molar-refractivity contribution in [2.45, 2.75) is 6.54 Å². The maximum atomic E-state index is 13.2. The quantitative estimate of drug-likeness (QED) is 0.0563. The number of aliphatic carboxylic acids is 4. The summed E-state index contributed by atoms with van der Waals surface area (Å²) in [5.74, 6) is -5.51. The van der Waals surface area contributed by atoms with Crippen molar-refractivity contribution >= 4 is 35.5 Å². The van der Waals surface area contributed by atoms with Crippen LogP contribution in [-0.2, 0) is 30.5 Å². The first kappa shape index (κ1) is 41.1. The van der Waals surface area contributed by atoms with Crippen molar-refractivity contribution in [2.75, 3.05) is 58.9 Å². The number of nitro groups is 1. The van der Waals surface area contributed by atoms with E-state index in [0.29, 0.717) is 39.6 Å². The molecule has 55 heavy (non-hydrogen) atoms. The van der Waals surface area contributed by atoms with E-state index in [2.05, 4.69) is 10.3 Å². The average molecular weight is 759 g/mol. The Morgan fingerprint density at radius 3 is 1.64 bits per heavy atom. The van der Waals surface area contributed by atoms with Gasteiger partial charge in [0.05, 0.1) is 72.7 Å². The Hall–Kier alpha value is -6.70. The topological polar surface area (TPSA) is 270 Å². The number of benzene rings is 1. The van der Waals surface area contributed by atoms with Crippen LogP contribution in [0.15, 0.2) is 79.0 Å². The molecule has 0 aliphatic rings. The van der Waals surface area contributed by atoms with Crippen molar-refractivity contribution in [3.63, 3.8) is 0 Å². The monoisotopic (exact) mass is 758 g/mol. The summed E-state index contributed by atoms with van der Waals surface area (Å²) in [6, 6.07) is 20.2. The summed E-state index contributed by atoms with van der Waals surface area (Å²) in [4.78, 5) is 86.9.